The lowest BCUT2D eigenvalue weighted by Crippen LogP contribution is -2.39. The van der Waals surface area contributed by atoms with E-state index < -0.39 is 0 Å². The van der Waals surface area contributed by atoms with E-state index in [4.69, 9.17) is 33.7 Å². The van der Waals surface area contributed by atoms with Gasteiger partial charge in [0.15, 0.2) is 5.78 Å². The molecule has 0 amide bonds. The number of likely N-dealkylation sites (tertiary alicyclic amines) is 1. The molecule has 5 nitrogen and oxygen atoms in total. The van der Waals surface area contributed by atoms with E-state index in [-0.39, 0.29) is 23.1 Å². The number of allylic oxidation sites excluding steroid dienone is 1. The first-order valence-corrected chi connectivity index (χ1v) is 10.8. The van der Waals surface area contributed by atoms with Crippen molar-refractivity contribution in [3.8, 4) is 11.5 Å². The van der Waals surface area contributed by atoms with Crippen molar-refractivity contribution >= 4 is 35.1 Å². The summed E-state index contributed by atoms with van der Waals surface area (Å²) in [6.45, 7) is 4.78. The molecule has 1 heterocycles. The Morgan fingerprint density at radius 2 is 2.00 bits per heavy atom. The van der Waals surface area contributed by atoms with Gasteiger partial charge in [0.25, 0.3) is 0 Å². The molecular formula is C23H26Cl2N2O3. The van der Waals surface area contributed by atoms with Crippen LogP contribution in [0.4, 0.5) is 0 Å². The van der Waals surface area contributed by atoms with Crippen LogP contribution in [-0.2, 0) is 6.54 Å². The number of ketones is 1. The summed E-state index contributed by atoms with van der Waals surface area (Å²) in [5, 5.41) is 11.4. The molecule has 3 rings (SSSR count). The number of hydrogen-bond acceptors (Lipinski definition) is 5. The fourth-order valence-corrected chi connectivity index (χ4v) is 3.94. The van der Waals surface area contributed by atoms with E-state index in [1.807, 2.05) is 6.92 Å². The molecule has 2 aromatic carbocycles. The highest BCUT2D eigenvalue weighted by Crippen LogP contribution is 2.31. The summed E-state index contributed by atoms with van der Waals surface area (Å²) in [5.41, 5.74) is 7.76. The van der Waals surface area contributed by atoms with Gasteiger partial charge in [0.2, 0.25) is 0 Å². The Kier molecular flexibility index (Phi) is 7.78. The predicted octanol–water partition coefficient (Wildman–Crippen LogP) is 4.92. The second kappa shape index (κ2) is 10.3. The number of rotatable bonds is 7. The maximum absolute atomic E-state index is 12.8. The van der Waals surface area contributed by atoms with E-state index in [1.54, 1.807) is 30.3 Å². The number of piperidine rings is 1. The van der Waals surface area contributed by atoms with Crippen LogP contribution >= 0.6 is 23.2 Å². The summed E-state index contributed by atoms with van der Waals surface area (Å²) in [6.07, 6.45) is 4.90. The van der Waals surface area contributed by atoms with Gasteiger partial charge in [-0.05, 0) is 68.8 Å². The quantitative estimate of drug-likeness (QED) is 0.464. The molecule has 1 fully saturated rings. The van der Waals surface area contributed by atoms with Crippen molar-refractivity contribution in [2.75, 3.05) is 19.7 Å². The zero-order valence-electron chi connectivity index (χ0n) is 16.9. The van der Waals surface area contributed by atoms with Crippen molar-refractivity contribution in [2.24, 2.45) is 5.73 Å². The van der Waals surface area contributed by atoms with Crippen LogP contribution in [0, 0.1) is 0 Å². The lowest BCUT2D eigenvalue weighted by atomic mass is 10.0. The van der Waals surface area contributed by atoms with Crippen LogP contribution < -0.4 is 10.5 Å². The zero-order valence-corrected chi connectivity index (χ0v) is 18.4. The molecule has 0 saturated carbocycles. The average Bonchev–Trinajstić information content (AvgIpc) is 2.71. The summed E-state index contributed by atoms with van der Waals surface area (Å²) < 4.78 is 5.70. The molecule has 1 saturated heterocycles. The predicted molar refractivity (Wildman–Crippen MR) is 122 cm³/mol. The summed E-state index contributed by atoms with van der Waals surface area (Å²) in [4.78, 5) is 15.1. The highest BCUT2D eigenvalue weighted by Gasteiger charge is 2.20. The second-order valence-corrected chi connectivity index (χ2v) is 8.23. The van der Waals surface area contributed by atoms with Crippen molar-refractivity contribution in [1.29, 1.82) is 0 Å². The highest BCUT2D eigenvalue weighted by molar-refractivity contribution is 6.35. The SMILES string of the molecule is CCOc1cc(O)c(C(=O)/C=C/c2ccc(Cl)cc2Cl)cc1CN1CCC(N)CC1. The van der Waals surface area contributed by atoms with Gasteiger partial charge in [0.1, 0.15) is 11.5 Å². The van der Waals surface area contributed by atoms with Crippen molar-refractivity contribution < 1.29 is 14.6 Å². The number of aromatic hydroxyl groups is 1. The lowest BCUT2D eigenvalue weighted by Gasteiger charge is -2.30. The molecule has 0 spiro atoms. The van der Waals surface area contributed by atoms with Gasteiger partial charge in [0.05, 0.1) is 12.2 Å². The Morgan fingerprint density at radius 3 is 2.67 bits per heavy atom. The van der Waals surface area contributed by atoms with E-state index in [0.717, 1.165) is 31.5 Å². The van der Waals surface area contributed by atoms with Gasteiger partial charge in [-0.1, -0.05) is 29.3 Å². The Bertz CT molecular complexity index is 938. The number of hydrogen-bond donors (Lipinski definition) is 2. The minimum Gasteiger partial charge on any atom is -0.507 e. The van der Waals surface area contributed by atoms with E-state index in [1.165, 1.54) is 12.1 Å². The molecule has 1 aliphatic heterocycles. The zero-order chi connectivity index (χ0) is 21.7. The molecule has 0 unspecified atom stereocenters. The molecule has 0 radical (unpaired) electrons. The van der Waals surface area contributed by atoms with Gasteiger partial charge < -0.3 is 15.6 Å². The molecule has 0 atom stereocenters. The lowest BCUT2D eigenvalue weighted by molar-refractivity contribution is 0.104. The molecule has 7 heteroatoms. The third-order valence-corrected chi connectivity index (χ3v) is 5.71. The van der Waals surface area contributed by atoms with Crippen molar-refractivity contribution in [3.05, 3.63) is 63.1 Å². The van der Waals surface area contributed by atoms with Crippen molar-refractivity contribution in [1.82, 2.24) is 4.90 Å². The number of phenols is 1. The normalized spacial score (nSPS) is 15.6. The minimum atomic E-state index is -0.316. The number of nitrogens with zero attached hydrogens (tertiary/aromatic N) is 1. The van der Waals surface area contributed by atoms with Crippen LogP contribution in [0.1, 0.15) is 41.3 Å². The number of ether oxygens (including phenoxy) is 1. The smallest absolute Gasteiger partial charge is 0.189 e. The fraction of sp³-hybridized carbons (Fsp3) is 0.348. The van der Waals surface area contributed by atoms with Crippen molar-refractivity contribution in [3.63, 3.8) is 0 Å². The molecule has 0 aromatic heterocycles. The molecule has 0 aliphatic carbocycles. The van der Waals surface area contributed by atoms with Gasteiger partial charge >= 0.3 is 0 Å². The molecule has 2 aromatic rings. The van der Waals surface area contributed by atoms with Crippen LogP contribution in [0.3, 0.4) is 0 Å². The number of nitrogens with two attached hydrogens (primary N) is 1. The standard InChI is InChI=1S/C23H26Cl2N2O3/c1-2-30-23-13-22(29)19(11-16(23)14-27-9-7-18(26)8-10-27)21(28)6-4-15-3-5-17(24)12-20(15)25/h3-6,11-13,18,29H,2,7-10,14,26H2,1H3/b6-4+. The minimum absolute atomic E-state index is 0.111. The van der Waals surface area contributed by atoms with E-state index in [0.29, 0.717) is 34.5 Å². The number of carbonyl (C=O) groups is 1. The summed E-state index contributed by atoms with van der Waals surface area (Å²) in [6, 6.07) is 8.53. The Balaban J connectivity index is 1.84. The maximum Gasteiger partial charge on any atom is 0.189 e. The summed E-state index contributed by atoms with van der Waals surface area (Å²) in [5.74, 6) is 0.161. The third kappa shape index (κ3) is 5.76. The van der Waals surface area contributed by atoms with Gasteiger partial charge in [0, 0.05) is 34.3 Å². The number of phenolic OH excluding ortho intramolecular Hbond substituents is 1. The highest BCUT2D eigenvalue weighted by atomic mass is 35.5. The van der Waals surface area contributed by atoms with Gasteiger partial charge in [-0.3, -0.25) is 9.69 Å². The Morgan fingerprint density at radius 1 is 1.27 bits per heavy atom. The fourth-order valence-electron chi connectivity index (χ4n) is 3.47. The second-order valence-electron chi connectivity index (χ2n) is 7.39. The molecule has 1 aliphatic rings. The average molecular weight is 449 g/mol. The van der Waals surface area contributed by atoms with Crippen LogP contribution in [0.5, 0.6) is 11.5 Å². The van der Waals surface area contributed by atoms with E-state index in [9.17, 15) is 9.90 Å². The first kappa shape index (κ1) is 22.6. The van der Waals surface area contributed by atoms with Gasteiger partial charge in [-0.25, -0.2) is 0 Å². The van der Waals surface area contributed by atoms with E-state index in [2.05, 4.69) is 4.90 Å². The van der Waals surface area contributed by atoms with Crippen LogP contribution in [0.2, 0.25) is 10.0 Å². The van der Waals surface area contributed by atoms with Crippen molar-refractivity contribution in [2.45, 2.75) is 32.4 Å². The first-order valence-electron chi connectivity index (χ1n) is 10.0. The van der Waals surface area contributed by atoms with Gasteiger partial charge in [-0.2, -0.15) is 0 Å². The third-order valence-electron chi connectivity index (χ3n) is 5.15. The van der Waals surface area contributed by atoms with Crippen LogP contribution in [-0.4, -0.2) is 41.5 Å². The maximum atomic E-state index is 12.8. The first-order chi connectivity index (χ1) is 14.4. The number of halogens is 2. The van der Waals surface area contributed by atoms with Gasteiger partial charge in [-0.15, -0.1) is 0 Å². The Labute approximate surface area is 187 Å². The molecule has 160 valence electrons. The molecular weight excluding hydrogens is 423 g/mol. The number of carbonyl (C=O) groups excluding carboxylic acids is 1. The van der Waals surface area contributed by atoms with E-state index >= 15 is 0 Å². The number of benzene rings is 2. The topological polar surface area (TPSA) is 75.8 Å². The molecule has 30 heavy (non-hydrogen) atoms. The van der Waals surface area contributed by atoms with Crippen LogP contribution in [0.15, 0.2) is 36.4 Å². The summed E-state index contributed by atoms with van der Waals surface area (Å²) >= 11 is 12.1. The Hall–Kier alpha value is -2.05. The summed E-state index contributed by atoms with van der Waals surface area (Å²) in [7, 11) is 0. The monoisotopic (exact) mass is 448 g/mol. The molecule has 0 bridgehead atoms. The molecule has 3 N–H and O–H groups in total. The largest absolute Gasteiger partial charge is 0.507 e. The van der Waals surface area contributed by atoms with Crippen LogP contribution in [0.25, 0.3) is 6.08 Å².